The molecule has 2 N–H and O–H groups in total. The zero-order valence-corrected chi connectivity index (χ0v) is 12.7. The zero-order chi connectivity index (χ0) is 16.2. The lowest BCUT2D eigenvalue weighted by atomic mass is 10.2. The van der Waals surface area contributed by atoms with Crippen LogP contribution >= 0.6 is 11.6 Å². The number of aromatic nitrogens is 3. The van der Waals surface area contributed by atoms with Crippen LogP contribution in [0.3, 0.4) is 0 Å². The summed E-state index contributed by atoms with van der Waals surface area (Å²) in [5.41, 5.74) is 1.55. The molecule has 2 aromatic heterocycles. The molecule has 0 aliphatic rings. The first-order chi connectivity index (χ1) is 11.1. The number of rotatable bonds is 5. The molecule has 3 rings (SSSR count). The van der Waals surface area contributed by atoms with Crippen LogP contribution in [0.25, 0.3) is 5.82 Å². The van der Waals surface area contributed by atoms with Crippen LogP contribution in [0.15, 0.2) is 55.1 Å². The highest BCUT2D eigenvalue weighted by molar-refractivity contribution is 6.30. The van der Waals surface area contributed by atoms with Crippen molar-refractivity contribution in [1.29, 1.82) is 0 Å². The Labute approximate surface area is 137 Å². The van der Waals surface area contributed by atoms with Gasteiger partial charge in [-0.05, 0) is 35.9 Å². The van der Waals surface area contributed by atoms with Gasteiger partial charge in [-0.1, -0.05) is 11.6 Å². The highest BCUT2D eigenvalue weighted by Crippen LogP contribution is 2.18. The van der Waals surface area contributed by atoms with E-state index in [9.17, 15) is 4.79 Å². The monoisotopic (exact) mass is 328 g/mol. The smallest absolute Gasteiger partial charge is 0.307 e. The number of halogens is 1. The number of carboxylic acid groups (broad SMARTS) is 1. The van der Waals surface area contributed by atoms with Gasteiger partial charge < -0.3 is 15.0 Å². The molecule has 0 spiro atoms. The maximum Gasteiger partial charge on any atom is 0.307 e. The fourth-order valence-corrected chi connectivity index (χ4v) is 2.21. The number of nitrogens with zero attached hydrogens (tertiary/aromatic N) is 3. The normalized spacial score (nSPS) is 10.5. The molecule has 0 bridgehead atoms. The van der Waals surface area contributed by atoms with E-state index in [1.54, 1.807) is 47.6 Å². The summed E-state index contributed by atoms with van der Waals surface area (Å²) in [5, 5.41) is 12.6. The molecule has 0 saturated heterocycles. The van der Waals surface area contributed by atoms with Gasteiger partial charge in [-0.3, -0.25) is 9.78 Å². The van der Waals surface area contributed by atoms with Crippen molar-refractivity contribution < 1.29 is 9.90 Å². The number of nitrogens with one attached hydrogen (secondary N) is 1. The van der Waals surface area contributed by atoms with Crippen molar-refractivity contribution in [2.24, 2.45) is 0 Å². The van der Waals surface area contributed by atoms with Crippen LogP contribution in [0.1, 0.15) is 5.56 Å². The minimum atomic E-state index is -0.869. The van der Waals surface area contributed by atoms with Gasteiger partial charge in [0.2, 0.25) is 0 Å². The van der Waals surface area contributed by atoms with E-state index in [1.165, 1.54) is 0 Å². The molecule has 0 radical (unpaired) electrons. The maximum absolute atomic E-state index is 10.7. The summed E-state index contributed by atoms with van der Waals surface area (Å²) in [5.74, 6) is 0.311. The summed E-state index contributed by atoms with van der Waals surface area (Å²) in [6.45, 7) is 0. The molecule has 116 valence electrons. The number of carboxylic acids is 1. The van der Waals surface area contributed by atoms with Crippen LogP contribution in [0, 0.1) is 0 Å². The second-order valence-corrected chi connectivity index (χ2v) is 5.33. The van der Waals surface area contributed by atoms with E-state index in [0.29, 0.717) is 22.2 Å². The molecule has 0 amide bonds. The largest absolute Gasteiger partial charge is 0.481 e. The zero-order valence-electron chi connectivity index (χ0n) is 12.0. The van der Waals surface area contributed by atoms with Crippen molar-refractivity contribution in [2.45, 2.75) is 6.42 Å². The third-order valence-electron chi connectivity index (χ3n) is 3.11. The van der Waals surface area contributed by atoms with E-state index in [2.05, 4.69) is 15.3 Å². The Morgan fingerprint density at radius 1 is 1.22 bits per heavy atom. The Hall–Kier alpha value is -2.86. The third-order valence-corrected chi connectivity index (χ3v) is 3.36. The number of hydrogen-bond donors (Lipinski definition) is 2. The maximum atomic E-state index is 10.7. The quantitative estimate of drug-likeness (QED) is 0.751. The lowest BCUT2D eigenvalue weighted by Crippen LogP contribution is -2.01. The molecule has 1 aromatic carbocycles. The Morgan fingerprint density at radius 3 is 2.74 bits per heavy atom. The summed E-state index contributed by atoms with van der Waals surface area (Å²) < 4.78 is 1.73. The summed E-state index contributed by atoms with van der Waals surface area (Å²) in [6, 6.07) is 9.00. The molecule has 0 atom stereocenters. The lowest BCUT2D eigenvalue weighted by molar-refractivity contribution is -0.136. The molecule has 0 fully saturated rings. The van der Waals surface area contributed by atoms with Crippen LogP contribution in [0.4, 0.5) is 11.5 Å². The number of anilines is 2. The molecular weight excluding hydrogens is 316 g/mol. The van der Waals surface area contributed by atoms with E-state index in [0.717, 1.165) is 5.69 Å². The highest BCUT2D eigenvalue weighted by Gasteiger charge is 2.06. The SMILES string of the molecule is O=C(O)Cc1ccn(-c2cncc(Nc3ccc(Cl)cc3)n2)c1. The number of benzene rings is 1. The predicted octanol–water partition coefficient (Wildman–Crippen LogP) is 3.29. The minimum Gasteiger partial charge on any atom is -0.481 e. The standard InChI is InChI=1S/C16H13ClN4O2/c17-12-1-3-13(4-2-12)19-14-8-18-9-15(20-14)21-6-5-11(10-21)7-16(22)23/h1-6,8-10H,7H2,(H,19,20)(H,22,23). The van der Waals surface area contributed by atoms with E-state index in [-0.39, 0.29) is 6.42 Å². The lowest BCUT2D eigenvalue weighted by Gasteiger charge is -2.07. The number of hydrogen-bond acceptors (Lipinski definition) is 4. The van der Waals surface area contributed by atoms with E-state index in [1.807, 2.05) is 12.1 Å². The predicted molar refractivity (Wildman–Crippen MR) is 87.4 cm³/mol. The molecule has 0 saturated carbocycles. The minimum absolute atomic E-state index is 0.0247. The van der Waals surface area contributed by atoms with Crippen LogP contribution in [0.2, 0.25) is 5.02 Å². The molecular formula is C16H13ClN4O2. The van der Waals surface area contributed by atoms with Gasteiger partial charge in [0.25, 0.3) is 0 Å². The summed E-state index contributed by atoms with van der Waals surface area (Å²) >= 11 is 5.86. The van der Waals surface area contributed by atoms with Gasteiger partial charge >= 0.3 is 5.97 Å². The first kappa shape index (κ1) is 15.1. The molecule has 23 heavy (non-hydrogen) atoms. The van der Waals surface area contributed by atoms with Gasteiger partial charge in [0.15, 0.2) is 11.6 Å². The van der Waals surface area contributed by atoms with Crippen LogP contribution in [-0.4, -0.2) is 25.6 Å². The Morgan fingerprint density at radius 2 is 2.00 bits per heavy atom. The van der Waals surface area contributed by atoms with E-state index in [4.69, 9.17) is 16.7 Å². The van der Waals surface area contributed by atoms with Crippen molar-refractivity contribution in [3.05, 3.63) is 65.7 Å². The Bertz CT molecular complexity index is 830. The summed E-state index contributed by atoms with van der Waals surface area (Å²) in [7, 11) is 0. The van der Waals surface area contributed by atoms with Crippen molar-refractivity contribution in [3.63, 3.8) is 0 Å². The number of aliphatic carboxylic acids is 1. The average Bonchev–Trinajstić information content (AvgIpc) is 2.98. The van der Waals surface area contributed by atoms with Gasteiger partial charge in [0.05, 0.1) is 18.8 Å². The fourth-order valence-electron chi connectivity index (χ4n) is 2.08. The molecule has 0 unspecified atom stereocenters. The van der Waals surface area contributed by atoms with Gasteiger partial charge in [-0.2, -0.15) is 0 Å². The van der Waals surface area contributed by atoms with Crippen LogP contribution in [-0.2, 0) is 11.2 Å². The molecule has 6 nitrogen and oxygen atoms in total. The molecule has 0 aliphatic carbocycles. The van der Waals surface area contributed by atoms with Crippen molar-refractivity contribution in [3.8, 4) is 5.82 Å². The third kappa shape index (κ3) is 3.87. The van der Waals surface area contributed by atoms with Crippen molar-refractivity contribution in [1.82, 2.24) is 14.5 Å². The first-order valence-electron chi connectivity index (χ1n) is 6.84. The Kier molecular flexibility index (Phi) is 4.25. The van der Waals surface area contributed by atoms with Gasteiger partial charge in [0.1, 0.15) is 0 Å². The highest BCUT2D eigenvalue weighted by atomic mass is 35.5. The topological polar surface area (TPSA) is 80.0 Å². The van der Waals surface area contributed by atoms with E-state index < -0.39 is 5.97 Å². The average molecular weight is 329 g/mol. The van der Waals surface area contributed by atoms with Crippen molar-refractivity contribution in [2.75, 3.05) is 5.32 Å². The first-order valence-corrected chi connectivity index (χ1v) is 7.21. The van der Waals surface area contributed by atoms with Crippen LogP contribution in [0.5, 0.6) is 0 Å². The molecule has 7 heteroatoms. The van der Waals surface area contributed by atoms with Gasteiger partial charge in [-0.25, -0.2) is 4.98 Å². The van der Waals surface area contributed by atoms with Crippen LogP contribution < -0.4 is 5.32 Å². The van der Waals surface area contributed by atoms with Gasteiger partial charge in [0, 0.05) is 23.1 Å². The molecule has 2 heterocycles. The van der Waals surface area contributed by atoms with Crippen molar-refractivity contribution >= 4 is 29.1 Å². The second-order valence-electron chi connectivity index (χ2n) is 4.89. The number of carbonyl (C=O) groups is 1. The van der Waals surface area contributed by atoms with E-state index >= 15 is 0 Å². The summed E-state index contributed by atoms with van der Waals surface area (Å²) in [6.07, 6.45) is 6.68. The summed E-state index contributed by atoms with van der Waals surface area (Å²) in [4.78, 5) is 19.4. The fraction of sp³-hybridized carbons (Fsp3) is 0.0625. The Balaban J connectivity index is 1.80. The molecule has 0 aliphatic heterocycles. The van der Waals surface area contributed by atoms with Gasteiger partial charge in [-0.15, -0.1) is 0 Å². The second kappa shape index (κ2) is 6.50. The molecule has 3 aromatic rings.